The van der Waals surface area contributed by atoms with Crippen LogP contribution in [0.3, 0.4) is 0 Å². The monoisotopic (exact) mass is 1600 g/mol. The molecule has 2 heterocycles. The predicted molar refractivity (Wildman–Crippen MR) is 451 cm³/mol. The quantitative estimate of drug-likeness (QED) is 0.0321. The molecule has 18 heteroatoms. The van der Waals surface area contributed by atoms with Crippen LogP contribution in [0, 0.1) is 126 Å². The fourth-order valence-electron chi connectivity index (χ4n) is 24.3. The first-order valence-corrected chi connectivity index (χ1v) is 44.2. The molecule has 0 spiro atoms. The Morgan fingerprint density at radius 2 is 0.697 bits per heavy atom. The van der Waals surface area contributed by atoms with E-state index in [-0.39, 0.29) is 18.9 Å². The Morgan fingerprint density at radius 3 is 1.01 bits per heavy atom. The summed E-state index contributed by atoms with van der Waals surface area (Å²) in [5.74, 6) is 18.8. The van der Waals surface area contributed by atoms with Gasteiger partial charge in [-0.2, -0.15) is 10.2 Å². The molecule has 0 unspecified atom stereocenters. The number of benzene rings is 4. The van der Waals surface area contributed by atoms with Gasteiger partial charge in [-0.3, -0.25) is 9.59 Å². The number of ketones is 2. The highest BCUT2D eigenvalue weighted by Gasteiger charge is 2.51. The molecule has 0 saturated heterocycles. The van der Waals surface area contributed by atoms with Crippen LogP contribution >= 0.6 is 69.6 Å². The molecule has 12 nitrogen and oxygen atoms in total. The number of hydrogen-bond acceptors (Lipinski definition) is 9. The maximum Gasteiger partial charge on any atom is 0.356 e. The molecular weight excluding hydrogens is 1480 g/mol. The van der Waals surface area contributed by atoms with Crippen molar-refractivity contribution in [1.29, 1.82) is 0 Å². The number of halogens is 6. The largest absolute Gasteiger partial charge is 0.476 e. The zero-order chi connectivity index (χ0) is 75.9. The number of carboxylic acid groups (broad SMARTS) is 1. The topological polar surface area (TPSA) is 211 Å². The third kappa shape index (κ3) is 20.3. The molecule has 594 valence electrons. The second kappa shape index (κ2) is 38.9. The summed E-state index contributed by atoms with van der Waals surface area (Å²) < 4.78 is 3.29. The molecule has 0 radical (unpaired) electrons. The fraction of sp³-hybridized carbons (Fsp3) is 0.637. The Balaban J connectivity index is 0.000000133. The number of unbranched alkanes of at least 4 members (excludes halogenated alkanes) is 4. The van der Waals surface area contributed by atoms with Gasteiger partial charge in [-0.05, 0) is 375 Å². The van der Waals surface area contributed by atoms with E-state index < -0.39 is 5.97 Å². The summed E-state index contributed by atoms with van der Waals surface area (Å²) in [6, 6.07) is 25.0. The van der Waals surface area contributed by atoms with Crippen molar-refractivity contribution in [2.75, 3.05) is 26.2 Å². The highest BCUT2D eigenvalue weighted by atomic mass is 35.5. The molecule has 16 fully saturated rings. The molecule has 22 rings (SSSR count). The standard InChI is InChI=1S/C32H35Cl3N2O.C17H11Cl3N2O2.2C14H25N.C10H14O.C3H10N2.CH4/c1-19-31(30(38)6-4-2-3-5-27-23-14-20-13-21(16-23)17-24(27)15-20)36-37(29-12-11-26(34)18-28(29)35)32(19)22-7-9-25(33)10-8-22;1-9-15(17(23)24)21-22(14-7-6-12(19)8-13(14)20)16(9)10-2-4-11(18)5-3-10;2*15-4-2-1-3-14-12-6-10-5-11(8-12)9-13(14)7-10;11-10-8-2-6-1-7(4-8)5-9(10)3-6;4-2-1-3-5;/h7-12,18,20-21,23-24,27H,2-6,13-17H2,1H3;2-8H,1H3,(H,23,24);2*10-14H,1-9,15H2;6-9H,1-5H2;1-5H2;1H4. The van der Waals surface area contributed by atoms with Crippen molar-refractivity contribution in [2.45, 2.75) is 227 Å². The average molecular weight is 1610 g/mol. The average Bonchev–Trinajstić information content (AvgIpc) is 1.75. The van der Waals surface area contributed by atoms with Crippen LogP contribution < -0.4 is 22.9 Å². The van der Waals surface area contributed by atoms with Gasteiger partial charge in [0.25, 0.3) is 0 Å². The van der Waals surface area contributed by atoms with Crippen molar-refractivity contribution >= 4 is 87.1 Å². The van der Waals surface area contributed by atoms with E-state index in [1.807, 2.05) is 37.3 Å². The van der Waals surface area contributed by atoms with Crippen LogP contribution in [0.15, 0.2) is 84.9 Å². The highest BCUT2D eigenvalue weighted by molar-refractivity contribution is 6.36. The number of aromatic nitrogens is 4. The molecule has 0 aliphatic heterocycles. The van der Waals surface area contributed by atoms with Gasteiger partial charge < -0.3 is 28.0 Å². The summed E-state index contributed by atoms with van der Waals surface area (Å²) in [6.07, 6.45) is 44.1. The molecule has 2 aromatic heterocycles. The van der Waals surface area contributed by atoms with Crippen molar-refractivity contribution < 1.29 is 19.5 Å². The lowest BCUT2D eigenvalue weighted by Gasteiger charge is -2.54. The van der Waals surface area contributed by atoms with E-state index in [9.17, 15) is 19.5 Å². The Labute approximate surface area is 681 Å². The molecule has 109 heavy (non-hydrogen) atoms. The minimum absolute atomic E-state index is 0. The molecule has 0 amide bonds. The van der Waals surface area contributed by atoms with Gasteiger partial charge >= 0.3 is 5.97 Å². The van der Waals surface area contributed by atoms with Crippen molar-refractivity contribution in [3.8, 4) is 33.9 Å². The van der Waals surface area contributed by atoms with Crippen LogP contribution in [0.1, 0.15) is 245 Å². The van der Waals surface area contributed by atoms with Gasteiger partial charge in [0, 0.05) is 60.6 Å². The summed E-state index contributed by atoms with van der Waals surface area (Å²) in [4.78, 5) is 36.5. The Bertz CT molecular complexity index is 3840. The lowest BCUT2D eigenvalue weighted by molar-refractivity contribution is -0.139. The predicted octanol–water partition coefficient (Wildman–Crippen LogP) is 23.8. The summed E-state index contributed by atoms with van der Waals surface area (Å²) >= 11 is 37.0. The lowest BCUT2D eigenvalue weighted by atomic mass is 9.51. The zero-order valence-electron chi connectivity index (χ0n) is 64.0. The molecule has 6 aromatic rings. The normalized spacial score (nSPS) is 30.2. The van der Waals surface area contributed by atoms with Gasteiger partial charge in [0.1, 0.15) is 11.5 Å². The summed E-state index contributed by atoms with van der Waals surface area (Å²) in [6.45, 7) is 6.91. The minimum Gasteiger partial charge on any atom is -0.476 e. The van der Waals surface area contributed by atoms with Gasteiger partial charge in [-0.25, -0.2) is 14.2 Å². The molecule has 16 aliphatic carbocycles. The summed E-state index contributed by atoms with van der Waals surface area (Å²) in [5.41, 5.74) is 27.6. The Kier molecular flexibility index (Phi) is 30.0. The zero-order valence-corrected chi connectivity index (χ0v) is 68.6. The van der Waals surface area contributed by atoms with Crippen LogP contribution in [0.25, 0.3) is 33.9 Å². The van der Waals surface area contributed by atoms with Gasteiger partial charge in [-0.15, -0.1) is 0 Å². The summed E-state index contributed by atoms with van der Waals surface area (Å²) in [7, 11) is 0. The minimum atomic E-state index is -1.11. The molecule has 0 atom stereocenters. The first kappa shape index (κ1) is 84.1. The van der Waals surface area contributed by atoms with Gasteiger partial charge in [0.05, 0.1) is 32.8 Å². The molecular formula is C91H124Cl6N8O4. The van der Waals surface area contributed by atoms with E-state index in [2.05, 4.69) is 5.10 Å². The molecule has 16 aliphatic rings. The number of nitrogens with two attached hydrogens (primary N) is 4. The first-order valence-electron chi connectivity index (χ1n) is 41.9. The van der Waals surface area contributed by atoms with E-state index in [0.29, 0.717) is 82.5 Å². The van der Waals surface area contributed by atoms with Crippen LogP contribution in [-0.4, -0.2) is 68.4 Å². The van der Waals surface area contributed by atoms with Gasteiger partial charge in [0.15, 0.2) is 11.5 Å². The summed E-state index contributed by atoms with van der Waals surface area (Å²) in [5, 5.41) is 21.6. The van der Waals surface area contributed by atoms with Crippen LogP contribution in [-0.2, 0) is 4.79 Å². The second-order valence-corrected chi connectivity index (χ2v) is 38.1. The van der Waals surface area contributed by atoms with Gasteiger partial charge in [-0.1, -0.05) is 127 Å². The van der Waals surface area contributed by atoms with Crippen molar-refractivity contribution in [3.05, 3.63) is 138 Å². The number of carbonyl (C=O) groups is 3. The van der Waals surface area contributed by atoms with Gasteiger partial charge in [0.2, 0.25) is 0 Å². The number of Topliss-reactive ketones (excluding diaryl/α,β-unsaturated/α-hetero) is 2. The molecule has 16 saturated carbocycles. The number of aromatic carboxylic acids is 1. The van der Waals surface area contributed by atoms with Crippen molar-refractivity contribution in [3.63, 3.8) is 0 Å². The van der Waals surface area contributed by atoms with E-state index in [4.69, 9.17) is 97.6 Å². The van der Waals surface area contributed by atoms with E-state index >= 15 is 0 Å². The number of nitrogens with zero attached hydrogens (tertiary/aromatic N) is 4. The Morgan fingerprint density at radius 1 is 0.394 bits per heavy atom. The van der Waals surface area contributed by atoms with Crippen LogP contribution in [0.4, 0.5) is 0 Å². The number of hydrogen-bond donors (Lipinski definition) is 5. The molecule has 9 N–H and O–H groups in total. The highest BCUT2D eigenvalue weighted by Crippen LogP contribution is 2.61. The molecule has 16 bridgehead atoms. The molecule has 4 aromatic carbocycles. The van der Waals surface area contributed by atoms with Crippen molar-refractivity contribution in [1.82, 2.24) is 19.6 Å². The SMILES string of the molecule is C.Cc1c(C(=O)CCCCCC2C3CC4CC(C3)CC2C4)nn(-c2ccc(Cl)cc2Cl)c1-c1ccc(Cl)cc1.Cc1c(C(=O)O)nn(-c2ccc(Cl)cc2Cl)c1-c1ccc(Cl)cc1.NCCCCC1C2CC3CC(C2)CC1C3.NCCCCC1C2CC3CC(C2)CC1C3.NCCCN.O=C1C2CC3CC(C2)CC1C3. The maximum atomic E-state index is 13.4. The smallest absolute Gasteiger partial charge is 0.356 e. The fourth-order valence-corrected chi connectivity index (χ4v) is 25.5. The number of carbonyl (C=O) groups excluding carboxylic acids is 2. The third-order valence-electron chi connectivity index (χ3n) is 28.3. The van der Waals surface area contributed by atoms with E-state index in [0.717, 1.165) is 168 Å². The van der Waals surface area contributed by atoms with Crippen LogP contribution in [0.5, 0.6) is 0 Å². The third-order valence-corrected chi connectivity index (χ3v) is 29.8. The van der Waals surface area contributed by atoms with E-state index in [1.54, 1.807) is 130 Å². The van der Waals surface area contributed by atoms with E-state index in [1.165, 1.54) is 120 Å². The number of rotatable bonds is 22. The maximum absolute atomic E-state index is 13.4. The first-order chi connectivity index (χ1) is 52.2. The van der Waals surface area contributed by atoms with Crippen molar-refractivity contribution in [2.24, 2.45) is 135 Å². The van der Waals surface area contributed by atoms with Crippen LogP contribution in [0.2, 0.25) is 30.1 Å². The second-order valence-electron chi connectivity index (χ2n) is 35.5. The number of carboxylic acids is 1. The Hall–Kier alpha value is -4.31. The lowest BCUT2D eigenvalue weighted by Crippen LogP contribution is -2.45.